The molecule has 31 heavy (non-hydrogen) atoms. The molecular formula is C21H23Cl2F3N4O. The van der Waals surface area contributed by atoms with Crippen molar-refractivity contribution < 1.29 is 18.0 Å². The molecule has 0 radical (unpaired) electrons. The number of alkyl halides is 3. The number of benzene rings is 1. The minimum Gasteiger partial charge on any atom is -0.363 e. The lowest BCUT2D eigenvalue weighted by Gasteiger charge is -2.33. The number of hydrogen-bond acceptors (Lipinski definition) is 3. The molecule has 0 bridgehead atoms. The number of carbonyl (C=O) groups excluding carboxylic acids is 1. The van der Waals surface area contributed by atoms with Crippen molar-refractivity contribution in [2.45, 2.75) is 62.8 Å². The number of nitrogens with one attached hydrogen (secondary N) is 1. The van der Waals surface area contributed by atoms with Gasteiger partial charge in [0.1, 0.15) is 5.82 Å². The van der Waals surface area contributed by atoms with Crippen LogP contribution in [0.15, 0.2) is 24.3 Å². The molecule has 0 unspecified atom stereocenters. The quantitative estimate of drug-likeness (QED) is 0.571. The smallest absolute Gasteiger partial charge is 0.363 e. The summed E-state index contributed by atoms with van der Waals surface area (Å²) in [6.07, 6.45) is 0.243. The third kappa shape index (κ3) is 4.51. The van der Waals surface area contributed by atoms with Crippen molar-refractivity contribution in [1.82, 2.24) is 14.7 Å². The fraction of sp³-hybridized carbons (Fsp3) is 0.524. The number of carbonyl (C=O) groups is 1. The van der Waals surface area contributed by atoms with Crippen molar-refractivity contribution in [2.75, 3.05) is 12.4 Å². The first-order chi connectivity index (χ1) is 14.6. The summed E-state index contributed by atoms with van der Waals surface area (Å²) in [5, 5.41) is 7.76. The van der Waals surface area contributed by atoms with Crippen molar-refractivity contribution >= 4 is 34.9 Å². The molecule has 168 valence electrons. The molecule has 1 fully saturated rings. The van der Waals surface area contributed by atoms with Crippen LogP contribution in [0.1, 0.15) is 66.7 Å². The van der Waals surface area contributed by atoms with Crippen molar-refractivity contribution in [1.29, 1.82) is 0 Å². The van der Waals surface area contributed by atoms with Gasteiger partial charge >= 0.3 is 6.18 Å². The van der Waals surface area contributed by atoms with Crippen LogP contribution in [-0.4, -0.2) is 39.9 Å². The van der Waals surface area contributed by atoms with E-state index in [1.165, 1.54) is 6.07 Å². The Balaban J connectivity index is 1.64. The van der Waals surface area contributed by atoms with Gasteiger partial charge in [-0.15, -0.1) is 0 Å². The summed E-state index contributed by atoms with van der Waals surface area (Å²) in [6, 6.07) is 3.76. The van der Waals surface area contributed by atoms with Crippen LogP contribution in [0.4, 0.5) is 19.0 Å². The van der Waals surface area contributed by atoms with Gasteiger partial charge < -0.3 is 10.2 Å². The van der Waals surface area contributed by atoms with E-state index in [9.17, 15) is 18.0 Å². The van der Waals surface area contributed by atoms with E-state index in [0.29, 0.717) is 10.6 Å². The molecular weight excluding hydrogens is 452 g/mol. The van der Waals surface area contributed by atoms with E-state index in [4.69, 9.17) is 23.2 Å². The van der Waals surface area contributed by atoms with E-state index in [1.54, 1.807) is 30.1 Å². The van der Waals surface area contributed by atoms with Gasteiger partial charge in [-0.2, -0.15) is 18.3 Å². The highest BCUT2D eigenvalue weighted by molar-refractivity contribution is 6.42. The maximum absolute atomic E-state index is 13.9. The van der Waals surface area contributed by atoms with Gasteiger partial charge in [-0.25, -0.2) is 4.68 Å². The fourth-order valence-corrected chi connectivity index (χ4v) is 4.75. The SMILES string of the molecule is CN(C(=O)c1cc2n(n1)[C@@H](C(F)(F)F)C[C@H](c1ccc(Cl)c(Cl)c1)N2)C1CCCCC1. The molecule has 1 aliphatic heterocycles. The lowest BCUT2D eigenvalue weighted by atomic mass is 9.94. The second-order valence-electron chi connectivity index (χ2n) is 8.23. The van der Waals surface area contributed by atoms with Gasteiger partial charge in [0.25, 0.3) is 5.91 Å². The average Bonchev–Trinajstić information content (AvgIpc) is 3.18. The lowest BCUT2D eigenvalue weighted by molar-refractivity contribution is -0.173. The molecule has 0 spiro atoms. The second kappa shape index (κ2) is 8.54. The summed E-state index contributed by atoms with van der Waals surface area (Å²) in [7, 11) is 1.70. The number of halogens is 5. The molecule has 5 nitrogen and oxygen atoms in total. The zero-order chi connectivity index (χ0) is 22.3. The maximum Gasteiger partial charge on any atom is 0.410 e. The molecule has 1 saturated carbocycles. The number of hydrogen-bond donors (Lipinski definition) is 1. The van der Waals surface area contributed by atoms with Crippen LogP contribution in [0, 0.1) is 0 Å². The zero-order valence-electron chi connectivity index (χ0n) is 16.9. The summed E-state index contributed by atoms with van der Waals surface area (Å²) < 4.78 is 42.5. The van der Waals surface area contributed by atoms with Crippen molar-refractivity contribution in [3.8, 4) is 0 Å². The van der Waals surface area contributed by atoms with Crippen molar-refractivity contribution in [3.05, 3.63) is 45.6 Å². The molecule has 1 aliphatic carbocycles. The molecule has 2 aliphatic rings. The minimum atomic E-state index is -4.52. The first-order valence-corrected chi connectivity index (χ1v) is 11.1. The first kappa shape index (κ1) is 22.3. The number of aromatic nitrogens is 2. The Labute approximate surface area is 188 Å². The van der Waals surface area contributed by atoms with Crippen LogP contribution < -0.4 is 5.32 Å². The van der Waals surface area contributed by atoms with Crippen LogP contribution in [0.3, 0.4) is 0 Å². The van der Waals surface area contributed by atoms with E-state index < -0.39 is 18.3 Å². The normalized spacial score (nSPS) is 22.0. The standard InChI is InChI=1S/C21H23Cl2F3N4O/c1-29(13-5-3-2-4-6-13)20(31)17-11-19-27-16(12-7-8-14(22)15(23)9-12)10-18(21(24,25)26)30(19)28-17/h7-9,11,13,16,18,27H,2-6,10H2,1H3/t16-,18-/m1/s1. The topological polar surface area (TPSA) is 50.2 Å². The van der Waals surface area contributed by atoms with Gasteiger partial charge in [-0.1, -0.05) is 48.5 Å². The van der Waals surface area contributed by atoms with E-state index in [2.05, 4.69) is 10.4 Å². The third-order valence-corrected chi connectivity index (χ3v) is 6.94. The molecule has 2 heterocycles. The Kier molecular flexibility index (Phi) is 6.14. The Bertz CT molecular complexity index is 972. The molecule has 1 aromatic carbocycles. The van der Waals surface area contributed by atoms with Gasteiger partial charge in [0, 0.05) is 25.6 Å². The zero-order valence-corrected chi connectivity index (χ0v) is 18.4. The summed E-state index contributed by atoms with van der Waals surface area (Å²) >= 11 is 12.0. The first-order valence-electron chi connectivity index (χ1n) is 10.3. The van der Waals surface area contributed by atoms with E-state index in [1.807, 2.05) is 0 Å². The molecule has 2 aromatic rings. The fourth-order valence-electron chi connectivity index (χ4n) is 4.44. The lowest BCUT2D eigenvalue weighted by Crippen LogP contribution is -2.38. The van der Waals surface area contributed by atoms with Crippen LogP contribution in [0.25, 0.3) is 0 Å². The largest absolute Gasteiger partial charge is 0.410 e. The van der Waals surface area contributed by atoms with E-state index >= 15 is 0 Å². The molecule has 1 aromatic heterocycles. The number of fused-ring (bicyclic) bond motifs is 1. The van der Waals surface area contributed by atoms with Crippen LogP contribution in [-0.2, 0) is 0 Å². The highest BCUT2D eigenvalue weighted by atomic mass is 35.5. The van der Waals surface area contributed by atoms with Crippen LogP contribution in [0.2, 0.25) is 10.0 Å². The average molecular weight is 475 g/mol. The number of amides is 1. The molecule has 2 atom stereocenters. The van der Waals surface area contributed by atoms with Crippen LogP contribution in [0.5, 0.6) is 0 Å². The van der Waals surface area contributed by atoms with Gasteiger partial charge in [-0.05, 0) is 30.5 Å². The monoisotopic (exact) mass is 474 g/mol. The highest BCUT2D eigenvalue weighted by Crippen LogP contribution is 2.44. The van der Waals surface area contributed by atoms with Gasteiger partial charge in [0.15, 0.2) is 11.7 Å². The Morgan fingerprint density at radius 2 is 1.87 bits per heavy atom. The Hall–Kier alpha value is -1.93. The summed E-state index contributed by atoms with van der Waals surface area (Å²) in [6.45, 7) is 0. The maximum atomic E-state index is 13.9. The molecule has 1 N–H and O–H groups in total. The van der Waals surface area contributed by atoms with Gasteiger partial charge in [-0.3, -0.25) is 4.79 Å². The Morgan fingerprint density at radius 3 is 2.52 bits per heavy atom. The molecule has 0 saturated heterocycles. The van der Waals surface area contributed by atoms with Gasteiger partial charge in [0.05, 0.1) is 16.1 Å². The number of rotatable bonds is 3. The predicted octanol–water partition coefficient (Wildman–Crippen LogP) is 6.25. The number of anilines is 1. The van der Waals surface area contributed by atoms with Crippen molar-refractivity contribution in [2.24, 2.45) is 0 Å². The summed E-state index contributed by atoms with van der Waals surface area (Å²) in [5.74, 6) is -0.201. The predicted molar refractivity (Wildman–Crippen MR) is 114 cm³/mol. The van der Waals surface area contributed by atoms with Crippen LogP contribution >= 0.6 is 23.2 Å². The van der Waals surface area contributed by atoms with E-state index in [0.717, 1.165) is 36.8 Å². The Morgan fingerprint density at radius 1 is 1.16 bits per heavy atom. The highest BCUT2D eigenvalue weighted by Gasteiger charge is 2.47. The summed E-state index contributed by atoms with van der Waals surface area (Å²) in [4.78, 5) is 14.6. The van der Waals surface area contributed by atoms with Gasteiger partial charge in [0.2, 0.25) is 0 Å². The molecule has 10 heteroatoms. The van der Waals surface area contributed by atoms with Crippen molar-refractivity contribution in [3.63, 3.8) is 0 Å². The third-order valence-electron chi connectivity index (χ3n) is 6.20. The molecule has 4 rings (SSSR count). The van der Waals surface area contributed by atoms with E-state index in [-0.39, 0.29) is 34.9 Å². The molecule has 1 amide bonds. The summed E-state index contributed by atoms with van der Waals surface area (Å²) in [5.41, 5.74) is 0.600. The second-order valence-corrected chi connectivity index (χ2v) is 9.05. The minimum absolute atomic E-state index is 0.0135. The number of nitrogens with zero attached hydrogens (tertiary/aromatic N) is 3.